The molecule has 1 atom stereocenters. The van der Waals surface area contributed by atoms with Crippen LogP contribution < -0.4 is 5.73 Å². The van der Waals surface area contributed by atoms with Gasteiger partial charge in [-0.05, 0) is 52.2 Å². The smallest absolute Gasteiger partial charge is 0.126 e. The third-order valence-electron chi connectivity index (χ3n) is 3.47. The minimum absolute atomic E-state index is 0.254. The van der Waals surface area contributed by atoms with Crippen molar-refractivity contribution in [1.29, 1.82) is 0 Å². The Morgan fingerprint density at radius 2 is 2.16 bits per heavy atom. The van der Waals surface area contributed by atoms with E-state index < -0.39 is 0 Å². The van der Waals surface area contributed by atoms with Gasteiger partial charge < -0.3 is 10.3 Å². The van der Waals surface area contributed by atoms with Crippen molar-refractivity contribution in [2.24, 2.45) is 5.73 Å². The molecule has 0 aliphatic rings. The Labute approximate surface area is 119 Å². The number of benzene rings is 1. The molecule has 1 aromatic carbocycles. The first-order chi connectivity index (χ1) is 9.04. The Balaban J connectivity index is 2.53. The van der Waals surface area contributed by atoms with E-state index in [2.05, 4.69) is 30.5 Å². The maximum Gasteiger partial charge on any atom is 0.126 e. The van der Waals surface area contributed by atoms with Crippen LogP contribution in [0.4, 0.5) is 0 Å². The second-order valence-electron chi connectivity index (χ2n) is 5.04. The molecule has 0 fully saturated rings. The van der Waals surface area contributed by atoms with Crippen LogP contribution in [0.1, 0.15) is 25.2 Å². The first kappa shape index (κ1) is 14.3. The number of hydrogen-bond donors (Lipinski definition) is 1. The molecule has 0 radical (unpaired) electrons. The second-order valence-corrected chi connectivity index (χ2v) is 5.47. The van der Waals surface area contributed by atoms with Crippen LogP contribution in [0.15, 0.2) is 18.2 Å². The van der Waals surface area contributed by atoms with E-state index >= 15 is 0 Å². The van der Waals surface area contributed by atoms with E-state index in [4.69, 9.17) is 22.3 Å². The molecule has 4 nitrogen and oxygen atoms in total. The summed E-state index contributed by atoms with van der Waals surface area (Å²) in [6, 6.07) is 6.12. The lowest BCUT2D eigenvalue weighted by atomic mass is 10.3. The molecule has 0 spiro atoms. The maximum atomic E-state index is 6.05. The summed E-state index contributed by atoms with van der Waals surface area (Å²) in [7, 11) is 4.12. The first-order valence-corrected chi connectivity index (χ1v) is 6.94. The number of rotatable bonds is 5. The van der Waals surface area contributed by atoms with Gasteiger partial charge in [-0.2, -0.15) is 0 Å². The largest absolute Gasteiger partial charge is 0.330 e. The lowest BCUT2D eigenvalue weighted by Crippen LogP contribution is -2.21. The van der Waals surface area contributed by atoms with E-state index in [9.17, 15) is 0 Å². The molecule has 2 rings (SSSR count). The van der Waals surface area contributed by atoms with Crippen LogP contribution in [0.3, 0.4) is 0 Å². The summed E-state index contributed by atoms with van der Waals surface area (Å²) in [5.41, 5.74) is 7.71. The minimum atomic E-state index is 0.254. The topological polar surface area (TPSA) is 47.1 Å². The second kappa shape index (κ2) is 5.90. The van der Waals surface area contributed by atoms with Gasteiger partial charge in [-0.1, -0.05) is 11.6 Å². The molecule has 0 saturated carbocycles. The fraction of sp³-hybridized carbons (Fsp3) is 0.500. The summed E-state index contributed by atoms with van der Waals surface area (Å²) in [6.07, 6.45) is 0.946. The van der Waals surface area contributed by atoms with E-state index in [-0.39, 0.29) is 6.04 Å². The van der Waals surface area contributed by atoms with E-state index in [1.807, 2.05) is 18.2 Å². The number of aryl methyl sites for hydroxylation is 1. The Bertz CT molecular complexity index is 562. The molecular formula is C14H21ClN4. The predicted octanol–water partition coefficient (Wildman–Crippen LogP) is 2.66. The van der Waals surface area contributed by atoms with E-state index in [1.165, 1.54) is 0 Å². The van der Waals surface area contributed by atoms with Crippen molar-refractivity contribution in [1.82, 2.24) is 14.5 Å². The summed E-state index contributed by atoms with van der Waals surface area (Å²) < 4.78 is 2.25. The molecule has 0 bridgehead atoms. The number of aromatic nitrogens is 2. The van der Waals surface area contributed by atoms with Crippen LogP contribution in [-0.2, 0) is 6.54 Å². The average molecular weight is 281 g/mol. The van der Waals surface area contributed by atoms with Crippen molar-refractivity contribution in [3.8, 4) is 0 Å². The number of imidazole rings is 1. The summed E-state index contributed by atoms with van der Waals surface area (Å²) in [5.74, 6) is 1.07. The third kappa shape index (κ3) is 2.91. The summed E-state index contributed by atoms with van der Waals surface area (Å²) in [6.45, 7) is 3.73. The van der Waals surface area contributed by atoms with Crippen molar-refractivity contribution >= 4 is 22.6 Å². The fourth-order valence-corrected chi connectivity index (χ4v) is 2.32. The molecule has 1 aromatic heterocycles. The molecule has 1 unspecified atom stereocenters. The lowest BCUT2D eigenvalue weighted by Gasteiger charge is -2.20. The van der Waals surface area contributed by atoms with Crippen molar-refractivity contribution in [2.45, 2.75) is 25.9 Å². The zero-order chi connectivity index (χ0) is 14.0. The van der Waals surface area contributed by atoms with Crippen LogP contribution in [-0.4, -0.2) is 35.1 Å². The van der Waals surface area contributed by atoms with Crippen molar-refractivity contribution < 1.29 is 0 Å². The zero-order valence-electron chi connectivity index (χ0n) is 11.7. The summed E-state index contributed by atoms with van der Waals surface area (Å²) in [5, 5.41) is 0.722. The van der Waals surface area contributed by atoms with Crippen molar-refractivity contribution in [3.63, 3.8) is 0 Å². The highest BCUT2D eigenvalue weighted by molar-refractivity contribution is 6.31. The van der Waals surface area contributed by atoms with Crippen LogP contribution >= 0.6 is 11.6 Å². The van der Waals surface area contributed by atoms with Gasteiger partial charge in [0.1, 0.15) is 5.82 Å². The van der Waals surface area contributed by atoms with Crippen LogP contribution in [0.5, 0.6) is 0 Å². The number of fused-ring (bicyclic) bond motifs is 1. The molecule has 2 N–H and O–H groups in total. The number of nitrogens with zero attached hydrogens (tertiary/aromatic N) is 3. The molecule has 0 amide bonds. The zero-order valence-corrected chi connectivity index (χ0v) is 12.5. The van der Waals surface area contributed by atoms with Gasteiger partial charge in [0.05, 0.1) is 17.1 Å². The molecule has 0 saturated heterocycles. The SMILES string of the molecule is CC(c1nc2cc(Cl)ccc2n1CCCN)N(C)C. The summed E-state index contributed by atoms with van der Waals surface area (Å²) >= 11 is 6.05. The Morgan fingerprint density at radius 1 is 1.42 bits per heavy atom. The molecule has 19 heavy (non-hydrogen) atoms. The molecule has 1 heterocycles. The fourth-order valence-electron chi connectivity index (χ4n) is 2.16. The molecule has 0 aliphatic carbocycles. The van der Waals surface area contributed by atoms with E-state index in [0.29, 0.717) is 6.54 Å². The quantitative estimate of drug-likeness (QED) is 0.916. The standard InChI is InChI=1S/C14H21ClN4/c1-10(18(2)3)14-17-12-9-11(15)5-6-13(12)19(14)8-4-7-16/h5-6,9-10H,4,7-8,16H2,1-3H3. The molecule has 104 valence electrons. The van der Waals surface area contributed by atoms with Gasteiger partial charge in [0.25, 0.3) is 0 Å². The highest BCUT2D eigenvalue weighted by Gasteiger charge is 2.17. The number of halogens is 1. The van der Waals surface area contributed by atoms with E-state index in [1.54, 1.807) is 0 Å². The van der Waals surface area contributed by atoms with Gasteiger partial charge in [-0.15, -0.1) is 0 Å². The first-order valence-electron chi connectivity index (χ1n) is 6.56. The van der Waals surface area contributed by atoms with Gasteiger partial charge in [0.2, 0.25) is 0 Å². The van der Waals surface area contributed by atoms with Crippen LogP contribution in [0.2, 0.25) is 5.02 Å². The average Bonchev–Trinajstić information content (AvgIpc) is 2.72. The van der Waals surface area contributed by atoms with Gasteiger partial charge >= 0.3 is 0 Å². The molecule has 2 aromatic rings. The minimum Gasteiger partial charge on any atom is -0.330 e. The normalized spacial score (nSPS) is 13.4. The summed E-state index contributed by atoms with van der Waals surface area (Å²) in [4.78, 5) is 6.90. The van der Waals surface area contributed by atoms with Crippen LogP contribution in [0.25, 0.3) is 11.0 Å². The molecular weight excluding hydrogens is 260 g/mol. The predicted molar refractivity (Wildman–Crippen MR) is 80.5 cm³/mol. The van der Waals surface area contributed by atoms with Gasteiger partial charge in [0.15, 0.2) is 0 Å². The Morgan fingerprint density at radius 3 is 2.79 bits per heavy atom. The Kier molecular flexibility index (Phi) is 4.45. The van der Waals surface area contributed by atoms with Gasteiger partial charge in [-0.25, -0.2) is 4.98 Å². The number of hydrogen-bond acceptors (Lipinski definition) is 3. The van der Waals surface area contributed by atoms with Gasteiger partial charge in [0, 0.05) is 11.6 Å². The number of nitrogens with two attached hydrogens (primary N) is 1. The van der Waals surface area contributed by atoms with Crippen molar-refractivity contribution in [3.05, 3.63) is 29.0 Å². The monoisotopic (exact) mass is 280 g/mol. The molecule has 5 heteroatoms. The maximum absolute atomic E-state index is 6.05. The third-order valence-corrected chi connectivity index (χ3v) is 3.71. The van der Waals surface area contributed by atoms with Gasteiger partial charge in [-0.3, -0.25) is 4.90 Å². The highest BCUT2D eigenvalue weighted by Crippen LogP contribution is 2.25. The van der Waals surface area contributed by atoms with Crippen LogP contribution in [0, 0.1) is 0 Å². The van der Waals surface area contributed by atoms with Crippen molar-refractivity contribution in [2.75, 3.05) is 20.6 Å². The molecule has 0 aliphatic heterocycles. The lowest BCUT2D eigenvalue weighted by molar-refractivity contribution is 0.301. The highest BCUT2D eigenvalue weighted by atomic mass is 35.5. The van der Waals surface area contributed by atoms with E-state index in [0.717, 1.165) is 34.8 Å². The Hall–Kier alpha value is -1.10.